The molecule has 2 aromatic heterocycles. The van der Waals surface area contributed by atoms with E-state index in [1.54, 1.807) is 23.8 Å². The van der Waals surface area contributed by atoms with Crippen LogP contribution < -0.4 is 5.69 Å². The Bertz CT molecular complexity index is 994. The first kappa shape index (κ1) is 18.4. The predicted octanol–water partition coefficient (Wildman–Crippen LogP) is 4.35. The largest absolute Gasteiger partial charge is 0.446 e. The van der Waals surface area contributed by atoms with Crippen LogP contribution in [-0.2, 0) is 4.74 Å². The Morgan fingerprint density at radius 2 is 1.96 bits per heavy atom. The number of ether oxygens (including phenoxy) is 1. The first-order chi connectivity index (χ1) is 12.4. The number of fused-ring (bicyclic) bond motifs is 1. The molecule has 2 atom stereocenters. The van der Waals surface area contributed by atoms with Crippen LogP contribution in [0.4, 0.5) is 4.79 Å². The molecule has 0 fully saturated rings. The molecule has 6 nitrogen and oxygen atoms in total. The van der Waals surface area contributed by atoms with Gasteiger partial charge in [0.05, 0.1) is 11.6 Å². The Hall–Kier alpha value is -2.41. The van der Waals surface area contributed by atoms with Crippen molar-refractivity contribution in [2.24, 2.45) is 0 Å². The highest BCUT2D eigenvalue weighted by Crippen LogP contribution is 2.24. The van der Waals surface area contributed by atoms with Crippen molar-refractivity contribution in [2.75, 3.05) is 0 Å². The number of benzene rings is 1. The van der Waals surface area contributed by atoms with Gasteiger partial charge in [0.15, 0.2) is 5.65 Å². The smallest absolute Gasteiger partial charge is 0.424 e. The highest BCUT2D eigenvalue weighted by Gasteiger charge is 2.25. The van der Waals surface area contributed by atoms with E-state index < -0.39 is 11.8 Å². The van der Waals surface area contributed by atoms with Crippen molar-refractivity contribution in [3.63, 3.8) is 0 Å². The van der Waals surface area contributed by atoms with Gasteiger partial charge in [0.2, 0.25) is 0 Å². The molecule has 0 N–H and O–H groups in total. The molecule has 1 unspecified atom stereocenters. The van der Waals surface area contributed by atoms with E-state index in [0.717, 1.165) is 14.6 Å². The van der Waals surface area contributed by atoms with Gasteiger partial charge in [-0.1, -0.05) is 37.3 Å². The summed E-state index contributed by atoms with van der Waals surface area (Å²) in [7, 11) is 0. The highest BCUT2D eigenvalue weighted by molar-refractivity contribution is 9.10. The maximum atomic E-state index is 13.1. The second kappa shape index (κ2) is 7.45. The molecule has 3 rings (SSSR count). The van der Waals surface area contributed by atoms with Crippen molar-refractivity contribution < 1.29 is 9.53 Å². The standard InChI is InChI=1S/C19H20BrN3O3/c1-4-12(2)26-19(25)23-17-16(10-15(20)11-21-17)22(18(23)24)13(3)14-8-6-5-7-9-14/h5-13H,4H2,1-3H3/t12-,13?/m1/s1. The van der Waals surface area contributed by atoms with Gasteiger partial charge in [-0.3, -0.25) is 4.57 Å². The number of imidazole rings is 1. The van der Waals surface area contributed by atoms with Crippen molar-refractivity contribution in [1.82, 2.24) is 14.1 Å². The molecule has 0 bridgehead atoms. The molecule has 1 aromatic carbocycles. The van der Waals surface area contributed by atoms with E-state index in [1.165, 1.54) is 0 Å². The van der Waals surface area contributed by atoms with Gasteiger partial charge in [-0.15, -0.1) is 0 Å². The molecule has 0 aliphatic rings. The van der Waals surface area contributed by atoms with Crippen LogP contribution in [0.3, 0.4) is 0 Å². The van der Waals surface area contributed by atoms with Crippen LogP contribution in [0.1, 0.15) is 38.8 Å². The summed E-state index contributed by atoms with van der Waals surface area (Å²) in [6.45, 7) is 5.62. The summed E-state index contributed by atoms with van der Waals surface area (Å²) in [5.74, 6) is 0. The molecular weight excluding hydrogens is 398 g/mol. The molecule has 0 saturated carbocycles. The van der Waals surface area contributed by atoms with Crippen LogP contribution in [0, 0.1) is 0 Å². The second-order valence-corrected chi connectivity index (χ2v) is 7.09. The Labute approximate surface area is 159 Å². The topological polar surface area (TPSA) is 66.1 Å². The van der Waals surface area contributed by atoms with E-state index in [-0.39, 0.29) is 17.8 Å². The Morgan fingerprint density at radius 1 is 1.27 bits per heavy atom. The molecule has 136 valence electrons. The maximum absolute atomic E-state index is 13.1. The first-order valence-electron chi connectivity index (χ1n) is 8.48. The minimum Gasteiger partial charge on any atom is -0.446 e. The van der Waals surface area contributed by atoms with Gasteiger partial charge in [0.1, 0.15) is 6.10 Å². The van der Waals surface area contributed by atoms with Gasteiger partial charge in [-0.05, 0) is 47.8 Å². The molecule has 26 heavy (non-hydrogen) atoms. The Morgan fingerprint density at radius 3 is 2.62 bits per heavy atom. The van der Waals surface area contributed by atoms with E-state index in [1.807, 2.05) is 44.2 Å². The lowest BCUT2D eigenvalue weighted by Gasteiger charge is -2.14. The summed E-state index contributed by atoms with van der Waals surface area (Å²) in [6, 6.07) is 11.2. The summed E-state index contributed by atoms with van der Waals surface area (Å²) >= 11 is 3.39. The molecule has 2 heterocycles. The van der Waals surface area contributed by atoms with E-state index in [9.17, 15) is 9.59 Å². The molecule has 0 amide bonds. The molecule has 7 heteroatoms. The van der Waals surface area contributed by atoms with Crippen molar-refractivity contribution >= 4 is 33.2 Å². The van der Waals surface area contributed by atoms with E-state index >= 15 is 0 Å². The number of halogens is 1. The fraction of sp³-hybridized carbons (Fsp3) is 0.316. The highest BCUT2D eigenvalue weighted by atomic mass is 79.9. The molecule has 3 aromatic rings. The molecular formula is C19H20BrN3O3. The van der Waals surface area contributed by atoms with Crippen LogP contribution in [0.15, 0.2) is 51.9 Å². The maximum Gasteiger partial charge on any atom is 0.424 e. The fourth-order valence-corrected chi connectivity index (χ4v) is 3.12. The number of pyridine rings is 1. The first-order valence-corrected chi connectivity index (χ1v) is 9.27. The zero-order valence-corrected chi connectivity index (χ0v) is 16.4. The van der Waals surface area contributed by atoms with E-state index in [2.05, 4.69) is 20.9 Å². The third-order valence-corrected chi connectivity index (χ3v) is 4.85. The Balaban J connectivity index is 2.20. The summed E-state index contributed by atoms with van der Waals surface area (Å²) in [5.41, 5.74) is 1.36. The molecule has 0 saturated heterocycles. The summed E-state index contributed by atoms with van der Waals surface area (Å²) in [5, 5.41) is 0. The van der Waals surface area contributed by atoms with Crippen LogP contribution in [0.25, 0.3) is 11.2 Å². The van der Waals surface area contributed by atoms with Gasteiger partial charge < -0.3 is 4.74 Å². The lowest BCUT2D eigenvalue weighted by molar-refractivity contribution is 0.106. The van der Waals surface area contributed by atoms with Crippen LogP contribution in [0.2, 0.25) is 0 Å². The van der Waals surface area contributed by atoms with Crippen LogP contribution in [-0.4, -0.2) is 26.3 Å². The number of carbonyl (C=O) groups is 1. The van der Waals surface area contributed by atoms with E-state index in [4.69, 9.17) is 4.74 Å². The third kappa shape index (κ3) is 3.31. The van der Waals surface area contributed by atoms with Gasteiger partial charge in [-0.25, -0.2) is 14.6 Å². The minimum absolute atomic E-state index is 0.264. The quantitative estimate of drug-likeness (QED) is 0.632. The molecule has 0 spiro atoms. The minimum atomic E-state index is -0.705. The zero-order chi connectivity index (χ0) is 18.8. The zero-order valence-electron chi connectivity index (χ0n) is 14.8. The lowest BCUT2D eigenvalue weighted by atomic mass is 10.1. The van der Waals surface area contributed by atoms with Gasteiger partial charge >= 0.3 is 11.8 Å². The van der Waals surface area contributed by atoms with Crippen molar-refractivity contribution in [1.29, 1.82) is 0 Å². The van der Waals surface area contributed by atoms with E-state index in [0.29, 0.717) is 11.9 Å². The number of carbonyl (C=O) groups excluding carboxylic acids is 1. The fourth-order valence-electron chi connectivity index (χ4n) is 2.80. The average Bonchev–Trinajstić information content (AvgIpc) is 2.92. The van der Waals surface area contributed by atoms with Gasteiger partial charge in [-0.2, -0.15) is 4.57 Å². The summed E-state index contributed by atoms with van der Waals surface area (Å²) in [6.07, 6.45) is 1.24. The van der Waals surface area contributed by atoms with Crippen molar-refractivity contribution in [3.05, 3.63) is 63.1 Å². The number of aromatic nitrogens is 3. The molecule has 0 aliphatic carbocycles. The average molecular weight is 418 g/mol. The third-order valence-electron chi connectivity index (χ3n) is 4.41. The summed E-state index contributed by atoms with van der Waals surface area (Å²) < 4.78 is 8.67. The van der Waals surface area contributed by atoms with Crippen molar-refractivity contribution in [3.8, 4) is 0 Å². The second-order valence-electron chi connectivity index (χ2n) is 6.17. The van der Waals surface area contributed by atoms with Gasteiger partial charge in [0.25, 0.3) is 0 Å². The molecule has 0 aliphatic heterocycles. The van der Waals surface area contributed by atoms with Crippen molar-refractivity contribution in [2.45, 2.75) is 39.3 Å². The number of nitrogens with zero attached hydrogens (tertiary/aromatic N) is 3. The van der Waals surface area contributed by atoms with Crippen LogP contribution >= 0.6 is 15.9 Å². The normalized spacial score (nSPS) is 13.5. The summed E-state index contributed by atoms with van der Waals surface area (Å²) in [4.78, 5) is 30.0. The van der Waals surface area contributed by atoms with Gasteiger partial charge in [0, 0.05) is 10.7 Å². The predicted molar refractivity (Wildman–Crippen MR) is 104 cm³/mol. The van der Waals surface area contributed by atoms with Crippen LogP contribution in [0.5, 0.6) is 0 Å². The monoisotopic (exact) mass is 417 g/mol. The SMILES string of the molecule is CC[C@@H](C)OC(=O)n1c(=O)n(C(C)c2ccccc2)c2cc(Br)cnc21. The molecule has 0 radical (unpaired) electrons. The number of hydrogen-bond donors (Lipinski definition) is 0. The Kier molecular flexibility index (Phi) is 5.27. The number of rotatable bonds is 4. The number of hydrogen-bond acceptors (Lipinski definition) is 4. The lowest BCUT2D eigenvalue weighted by Crippen LogP contribution is -2.33.